The van der Waals surface area contributed by atoms with E-state index >= 15 is 0 Å². The Bertz CT molecular complexity index is 895. The molecule has 1 aromatic heterocycles. The van der Waals surface area contributed by atoms with E-state index in [4.69, 9.17) is 11.0 Å². The van der Waals surface area contributed by atoms with Crippen LogP contribution in [0.1, 0.15) is 32.0 Å². The van der Waals surface area contributed by atoms with Crippen LogP contribution in [0.4, 0.5) is 10.1 Å². The average Bonchev–Trinajstić information content (AvgIpc) is 3.06. The van der Waals surface area contributed by atoms with Crippen LogP contribution in [0.3, 0.4) is 0 Å². The predicted molar refractivity (Wildman–Crippen MR) is 77.4 cm³/mol. The van der Waals surface area contributed by atoms with Crippen LogP contribution in [0, 0.1) is 17.1 Å². The second-order valence-electron chi connectivity index (χ2n) is 4.91. The fourth-order valence-corrected chi connectivity index (χ4v) is 2.59. The number of ether oxygens (including phenoxy) is 1. The van der Waals surface area contributed by atoms with Crippen molar-refractivity contribution in [1.82, 2.24) is 9.88 Å². The van der Waals surface area contributed by atoms with Crippen molar-refractivity contribution in [3.05, 3.63) is 46.5 Å². The number of nitriles is 1. The lowest BCUT2D eigenvalue weighted by molar-refractivity contribution is 0.0592. The number of hydrogen-bond donors (Lipinski definition) is 2. The van der Waals surface area contributed by atoms with Crippen LogP contribution in [-0.2, 0) is 11.3 Å². The Labute approximate surface area is 130 Å². The van der Waals surface area contributed by atoms with Gasteiger partial charge >= 0.3 is 5.97 Å². The Morgan fingerprint density at radius 2 is 2.26 bits per heavy atom. The molecule has 8 heteroatoms. The standard InChI is InChI=1S/C15H11FN4O3/c1-23-15(22)13-12(18)7(4-17)6-20(13)11-3-8(16)2-9-10(11)5-19-14(9)21/h2-3,6H,5,18H2,1H3,(H,19,21). The fraction of sp³-hybridized carbons (Fsp3) is 0.133. The summed E-state index contributed by atoms with van der Waals surface area (Å²) in [6.07, 6.45) is 1.32. The molecule has 1 aliphatic heterocycles. The van der Waals surface area contributed by atoms with Crippen molar-refractivity contribution in [2.45, 2.75) is 6.54 Å². The number of amides is 1. The summed E-state index contributed by atoms with van der Waals surface area (Å²) in [5.41, 5.74) is 6.68. The molecule has 3 rings (SSSR count). The van der Waals surface area contributed by atoms with Crippen LogP contribution >= 0.6 is 0 Å². The van der Waals surface area contributed by atoms with E-state index < -0.39 is 17.7 Å². The monoisotopic (exact) mass is 314 g/mol. The Morgan fingerprint density at radius 3 is 2.91 bits per heavy atom. The lowest BCUT2D eigenvalue weighted by Crippen LogP contribution is -2.13. The summed E-state index contributed by atoms with van der Waals surface area (Å²) in [5, 5.41) is 11.7. The van der Waals surface area contributed by atoms with Crippen LogP contribution < -0.4 is 11.1 Å². The molecule has 0 aliphatic carbocycles. The molecule has 0 radical (unpaired) electrons. The number of halogens is 1. The second-order valence-corrected chi connectivity index (χ2v) is 4.91. The second kappa shape index (κ2) is 5.14. The van der Waals surface area contributed by atoms with Crippen molar-refractivity contribution in [2.75, 3.05) is 12.8 Å². The average molecular weight is 314 g/mol. The van der Waals surface area contributed by atoms with Gasteiger partial charge in [-0.3, -0.25) is 4.79 Å². The topological polar surface area (TPSA) is 110 Å². The van der Waals surface area contributed by atoms with Crippen molar-refractivity contribution in [3.63, 3.8) is 0 Å². The normalized spacial score (nSPS) is 12.5. The minimum Gasteiger partial charge on any atom is -0.464 e. The van der Waals surface area contributed by atoms with Gasteiger partial charge in [0.25, 0.3) is 5.91 Å². The zero-order valence-electron chi connectivity index (χ0n) is 12.0. The third kappa shape index (κ3) is 2.10. The number of anilines is 1. The molecule has 7 nitrogen and oxygen atoms in total. The first kappa shape index (κ1) is 14.6. The van der Waals surface area contributed by atoms with E-state index in [1.807, 2.05) is 6.07 Å². The number of hydrogen-bond acceptors (Lipinski definition) is 5. The van der Waals surface area contributed by atoms with E-state index in [0.717, 1.165) is 6.07 Å². The summed E-state index contributed by atoms with van der Waals surface area (Å²) < 4.78 is 19.8. The summed E-state index contributed by atoms with van der Waals surface area (Å²) in [7, 11) is 1.17. The van der Waals surface area contributed by atoms with Crippen LogP contribution in [0.25, 0.3) is 5.69 Å². The number of nitrogens with two attached hydrogens (primary N) is 1. The largest absolute Gasteiger partial charge is 0.464 e. The molecule has 0 saturated heterocycles. The fourth-order valence-electron chi connectivity index (χ4n) is 2.59. The minimum atomic E-state index is -0.765. The molecule has 0 fully saturated rings. The van der Waals surface area contributed by atoms with Crippen molar-refractivity contribution in [2.24, 2.45) is 0 Å². The number of carbonyl (C=O) groups is 2. The van der Waals surface area contributed by atoms with Gasteiger partial charge < -0.3 is 20.4 Å². The first-order chi connectivity index (χ1) is 11.0. The van der Waals surface area contributed by atoms with Gasteiger partial charge in [0.15, 0.2) is 5.69 Å². The molecular weight excluding hydrogens is 303 g/mol. The molecule has 1 amide bonds. The molecule has 23 heavy (non-hydrogen) atoms. The lowest BCUT2D eigenvalue weighted by Gasteiger charge is -2.12. The number of methoxy groups -OCH3 is 1. The molecule has 2 aromatic rings. The molecular formula is C15H11FN4O3. The highest BCUT2D eigenvalue weighted by atomic mass is 19.1. The lowest BCUT2D eigenvalue weighted by atomic mass is 10.1. The number of carbonyl (C=O) groups excluding carboxylic acids is 2. The number of aromatic nitrogens is 1. The number of benzene rings is 1. The Morgan fingerprint density at radius 1 is 1.52 bits per heavy atom. The maximum atomic E-state index is 13.9. The first-order valence-electron chi connectivity index (χ1n) is 6.58. The van der Waals surface area contributed by atoms with Gasteiger partial charge in [-0.05, 0) is 12.1 Å². The molecule has 116 valence electrons. The van der Waals surface area contributed by atoms with Gasteiger partial charge in [-0.25, -0.2) is 9.18 Å². The highest BCUT2D eigenvalue weighted by Crippen LogP contribution is 2.30. The molecule has 0 unspecified atom stereocenters. The Balaban J connectivity index is 2.33. The van der Waals surface area contributed by atoms with Crippen molar-refractivity contribution < 1.29 is 18.7 Å². The van der Waals surface area contributed by atoms with Gasteiger partial charge in [0.05, 0.1) is 24.0 Å². The molecule has 1 aromatic carbocycles. The maximum Gasteiger partial charge on any atom is 0.357 e. The van der Waals surface area contributed by atoms with Crippen LogP contribution in [0.15, 0.2) is 18.3 Å². The third-order valence-corrected chi connectivity index (χ3v) is 3.66. The number of rotatable bonds is 2. The molecule has 0 bridgehead atoms. The molecule has 3 N–H and O–H groups in total. The number of esters is 1. The summed E-state index contributed by atoms with van der Waals surface area (Å²) in [5.74, 6) is -1.81. The predicted octanol–water partition coefficient (Wildman–Crippen LogP) is 1.10. The minimum absolute atomic E-state index is 0.0562. The zero-order valence-corrected chi connectivity index (χ0v) is 12.0. The van der Waals surface area contributed by atoms with Gasteiger partial charge in [0, 0.05) is 23.9 Å². The van der Waals surface area contributed by atoms with Crippen molar-refractivity contribution >= 4 is 17.6 Å². The quantitative estimate of drug-likeness (QED) is 0.807. The van der Waals surface area contributed by atoms with Crippen molar-refractivity contribution in [1.29, 1.82) is 5.26 Å². The smallest absolute Gasteiger partial charge is 0.357 e. The molecule has 1 aliphatic rings. The van der Waals surface area contributed by atoms with Gasteiger partial charge in [-0.2, -0.15) is 5.26 Å². The molecule has 0 saturated carbocycles. The number of nitrogens with one attached hydrogen (secondary N) is 1. The van der Waals surface area contributed by atoms with Gasteiger partial charge in [-0.15, -0.1) is 0 Å². The van der Waals surface area contributed by atoms with E-state index in [0.29, 0.717) is 5.56 Å². The summed E-state index contributed by atoms with van der Waals surface area (Å²) in [6.45, 7) is 0.185. The Hall–Kier alpha value is -3.34. The van der Waals surface area contributed by atoms with Crippen molar-refractivity contribution in [3.8, 4) is 11.8 Å². The highest BCUT2D eigenvalue weighted by molar-refractivity contribution is 6.00. The third-order valence-electron chi connectivity index (χ3n) is 3.66. The zero-order chi connectivity index (χ0) is 16.7. The van der Waals surface area contributed by atoms with Crippen LogP contribution in [0.2, 0.25) is 0 Å². The molecule has 0 spiro atoms. The van der Waals surface area contributed by atoms with Gasteiger partial charge in [-0.1, -0.05) is 0 Å². The number of nitrogens with zero attached hydrogens (tertiary/aromatic N) is 2. The summed E-state index contributed by atoms with van der Waals surface area (Å²) >= 11 is 0. The highest BCUT2D eigenvalue weighted by Gasteiger charge is 2.28. The van der Waals surface area contributed by atoms with E-state index in [2.05, 4.69) is 10.1 Å². The number of nitrogen functional groups attached to an aromatic ring is 1. The molecule has 2 heterocycles. The summed E-state index contributed by atoms with van der Waals surface area (Å²) in [6, 6.07) is 4.16. The SMILES string of the molecule is COC(=O)c1c(N)c(C#N)cn1-c1cc(F)cc2c1CNC2=O. The van der Waals surface area contributed by atoms with E-state index in [-0.39, 0.29) is 34.7 Å². The van der Waals surface area contributed by atoms with Gasteiger partial charge in [0.2, 0.25) is 0 Å². The van der Waals surface area contributed by atoms with Gasteiger partial charge in [0.1, 0.15) is 11.9 Å². The molecule has 0 atom stereocenters. The Kier molecular flexibility index (Phi) is 3.26. The summed E-state index contributed by atoms with van der Waals surface area (Å²) in [4.78, 5) is 23.7. The van der Waals surface area contributed by atoms with E-state index in [1.165, 1.54) is 23.9 Å². The van der Waals surface area contributed by atoms with E-state index in [9.17, 15) is 14.0 Å². The van der Waals surface area contributed by atoms with E-state index in [1.54, 1.807) is 0 Å². The maximum absolute atomic E-state index is 13.9. The number of fused-ring (bicyclic) bond motifs is 1. The van der Waals surface area contributed by atoms with Crippen LogP contribution in [0.5, 0.6) is 0 Å². The van der Waals surface area contributed by atoms with Crippen LogP contribution in [-0.4, -0.2) is 23.6 Å². The first-order valence-corrected chi connectivity index (χ1v) is 6.58.